The van der Waals surface area contributed by atoms with Crippen molar-refractivity contribution < 1.29 is 50.1 Å². The minimum atomic E-state index is -4.51. The molecule has 55 heavy (non-hydrogen) atoms. The summed E-state index contributed by atoms with van der Waals surface area (Å²) in [5.41, 5.74) is 1.88. The maximum Gasteiger partial charge on any atom is 0.394 e. The molecule has 5 aromatic carbocycles. The summed E-state index contributed by atoms with van der Waals surface area (Å²) in [5.74, 6) is -3.11. The minimum Gasteiger partial charge on any atom is -0.497 e. The van der Waals surface area contributed by atoms with Crippen LogP contribution in [0.15, 0.2) is 143 Å². The van der Waals surface area contributed by atoms with E-state index < -0.39 is 57.0 Å². The lowest BCUT2D eigenvalue weighted by Gasteiger charge is -2.29. The zero-order valence-corrected chi connectivity index (χ0v) is 31.8. The number of hydrogen-bond donors (Lipinski definition) is 2. The Kier molecular flexibility index (Phi) is 13.2. The average molecular weight is 786 g/mol. The first-order valence-corrected chi connectivity index (χ1v) is 20.0. The fourth-order valence-corrected chi connectivity index (χ4v) is 8.90. The van der Waals surface area contributed by atoms with Gasteiger partial charge >= 0.3 is 22.0 Å². The Morgan fingerprint density at radius 2 is 1.11 bits per heavy atom. The van der Waals surface area contributed by atoms with Gasteiger partial charge in [0, 0.05) is 12.1 Å². The van der Waals surface area contributed by atoms with E-state index in [1.165, 1.54) is 62.8 Å². The Morgan fingerprint density at radius 3 is 1.60 bits per heavy atom. The third kappa shape index (κ3) is 10.0. The van der Waals surface area contributed by atoms with Gasteiger partial charge in [-0.05, 0) is 78.1 Å². The second-order valence-electron chi connectivity index (χ2n) is 12.5. The lowest BCUT2D eigenvalue weighted by Crippen LogP contribution is -2.46. The molecule has 286 valence electrons. The van der Waals surface area contributed by atoms with Crippen molar-refractivity contribution in [3.8, 4) is 11.5 Å². The summed E-state index contributed by atoms with van der Waals surface area (Å²) in [6.45, 7) is -0.868. The molecule has 12 nitrogen and oxygen atoms in total. The molecule has 5 rings (SSSR count). The maximum absolute atomic E-state index is 14.4. The van der Waals surface area contributed by atoms with Gasteiger partial charge < -0.3 is 19.7 Å². The lowest BCUT2D eigenvalue weighted by molar-refractivity contribution is -0.381. The van der Waals surface area contributed by atoms with E-state index in [0.717, 1.165) is 14.5 Å². The molecule has 0 aliphatic carbocycles. The van der Waals surface area contributed by atoms with Crippen molar-refractivity contribution in [2.24, 2.45) is 5.92 Å². The van der Waals surface area contributed by atoms with Crippen molar-refractivity contribution in [3.05, 3.63) is 156 Å². The number of aliphatic carboxylic acids is 2. The molecule has 0 amide bonds. The summed E-state index contributed by atoms with van der Waals surface area (Å²) in [7, 11) is -6.05. The molecular weight excluding hydrogens is 745 g/mol. The number of ether oxygens (including phenoxy) is 2. The Labute approximate surface area is 320 Å². The molecule has 0 spiro atoms. The van der Waals surface area contributed by atoms with Crippen LogP contribution in [0, 0.1) is 5.92 Å². The molecule has 0 aliphatic heterocycles. The molecule has 0 aliphatic rings. The van der Waals surface area contributed by atoms with E-state index in [0.29, 0.717) is 33.8 Å². The molecule has 2 atom stereocenters. The third-order valence-corrected chi connectivity index (χ3v) is 12.6. The minimum absolute atomic E-state index is 0.0138. The topological polar surface area (TPSA) is 168 Å². The number of sulfonamides is 2. The molecule has 0 saturated heterocycles. The van der Waals surface area contributed by atoms with Crippen LogP contribution in [0.1, 0.15) is 22.3 Å². The molecule has 0 bridgehead atoms. The van der Waals surface area contributed by atoms with E-state index in [9.17, 15) is 36.6 Å². The predicted molar refractivity (Wildman–Crippen MR) is 205 cm³/mol. The highest BCUT2D eigenvalue weighted by atomic mass is 32.2. The van der Waals surface area contributed by atoms with Gasteiger partial charge in [0.05, 0.1) is 19.1 Å². The van der Waals surface area contributed by atoms with E-state index in [1.807, 2.05) is 0 Å². The highest BCUT2D eigenvalue weighted by molar-refractivity contribution is 7.89. The van der Waals surface area contributed by atoms with Crippen LogP contribution in [0.25, 0.3) is 0 Å². The maximum atomic E-state index is 14.4. The van der Waals surface area contributed by atoms with Crippen LogP contribution in [0.3, 0.4) is 0 Å². The lowest BCUT2D eigenvalue weighted by atomic mass is 10.0. The molecular formula is C41H41N2O10S2+. The molecule has 2 N–H and O–H groups in total. The summed E-state index contributed by atoms with van der Waals surface area (Å²) >= 11 is 0. The van der Waals surface area contributed by atoms with Gasteiger partial charge in [-0.15, -0.1) is 3.98 Å². The predicted octanol–water partition coefficient (Wildman–Crippen LogP) is 5.51. The van der Waals surface area contributed by atoms with Crippen molar-refractivity contribution >= 4 is 38.2 Å². The number of carbonyl (C=O) groups is 2. The van der Waals surface area contributed by atoms with Crippen LogP contribution in [0.4, 0.5) is 0 Å². The number of hydrogen-bond acceptors (Lipinski definition) is 8. The van der Waals surface area contributed by atoms with Gasteiger partial charge in [-0.25, -0.2) is 8.42 Å². The first-order chi connectivity index (χ1) is 26.3. The zero-order chi connectivity index (χ0) is 39.6. The second-order valence-corrected chi connectivity index (χ2v) is 16.3. The molecule has 5 aromatic rings. The molecule has 0 aromatic heterocycles. The molecule has 0 heterocycles. The van der Waals surface area contributed by atoms with E-state index in [-0.39, 0.29) is 22.6 Å². The number of nitrogens with zero attached hydrogens (tertiary/aromatic N) is 2. The van der Waals surface area contributed by atoms with Crippen LogP contribution >= 0.6 is 0 Å². The molecule has 1 unspecified atom stereocenters. The number of carboxylic acids is 2. The number of methoxy groups -OCH3 is 2. The van der Waals surface area contributed by atoms with Gasteiger partial charge in [-0.3, -0.25) is 9.59 Å². The smallest absolute Gasteiger partial charge is 0.394 e. The molecule has 14 heteroatoms. The Morgan fingerprint density at radius 1 is 0.636 bits per heavy atom. The van der Waals surface area contributed by atoms with Crippen LogP contribution in [-0.4, -0.2) is 73.7 Å². The van der Waals surface area contributed by atoms with E-state index >= 15 is 0 Å². The van der Waals surface area contributed by atoms with E-state index in [4.69, 9.17) is 9.47 Å². The molecule has 0 fully saturated rings. The monoisotopic (exact) mass is 785 g/mol. The van der Waals surface area contributed by atoms with Gasteiger partial charge in [0.25, 0.3) is 0 Å². The van der Waals surface area contributed by atoms with Crippen LogP contribution in [0.5, 0.6) is 11.5 Å². The fraction of sp³-hybridized carbons (Fsp3) is 0.195. The van der Waals surface area contributed by atoms with Gasteiger partial charge in [-0.1, -0.05) is 84.9 Å². The summed E-state index contributed by atoms with van der Waals surface area (Å²) < 4.78 is 69.8. The van der Waals surface area contributed by atoms with Crippen LogP contribution < -0.4 is 9.47 Å². The van der Waals surface area contributed by atoms with Gasteiger partial charge in [-0.2, -0.15) is 12.7 Å². The average Bonchev–Trinajstić information content (AvgIpc) is 3.19. The Hall–Kier alpha value is -5.83. The van der Waals surface area contributed by atoms with Crippen molar-refractivity contribution in [1.82, 2.24) is 4.31 Å². The van der Waals surface area contributed by atoms with E-state index in [1.54, 1.807) is 84.9 Å². The largest absolute Gasteiger partial charge is 0.497 e. The first kappa shape index (κ1) is 40.4. The fourth-order valence-electron chi connectivity index (χ4n) is 5.97. The second kappa shape index (κ2) is 18.0. The van der Waals surface area contributed by atoms with Crippen molar-refractivity contribution in [1.29, 1.82) is 0 Å². The number of carboxylic acid groups (broad SMARTS) is 2. The zero-order valence-electron chi connectivity index (χ0n) is 30.1. The van der Waals surface area contributed by atoms with Gasteiger partial charge in [0.2, 0.25) is 10.0 Å². The van der Waals surface area contributed by atoms with Crippen molar-refractivity contribution in [2.75, 3.05) is 14.2 Å². The van der Waals surface area contributed by atoms with Gasteiger partial charge in [0.15, 0.2) is 12.8 Å². The summed E-state index contributed by atoms with van der Waals surface area (Å²) in [6, 6.07) is 33.5. The van der Waals surface area contributed by atoms with Crippen molar-refractivity contribution in [2.45, 2.75) is 41.8 Å². The van der Waals surface area contributed by atoms with Crippen molar-refractivity contribution in [3.63, 3.8) is 0 Å². The molecule has 0 radical (unpaired) electrons. The number of benzene rings is 5. The summed E-state index contributed by atoms with van der Waals surface area (Å²) in [6.07, 6.45) is 0.965. The number of rotatable bonds is 18. The normalized spacial score (nSPS) is 13.2. The standard InChI is InChI=1S/C41H40N2O10S2/c1-52-35-17-21-37(22-18-35)54(48,49)42(28-34(40(44)45)25-30-11-5-3-6-12-30)27-32-15-9-10-16-33(32)29-43(39(41(46)47)26-31-13-7-4-8-14-31)55(50,51)38-23-19-36(53-2)20-24-38/h3-24,28,34,39H,25-27,29H2,1-2H3,(H-,44,45,46,47)/p+1/b42-28-/t34?,39-/m0/s1. The molecule has 0 saturated carbocycles. The first-order valence-electron chi connectivity index (χ1n) is 17.1. The quantitative estimate of drug-likeness (QED) is 0.0855. The Bertz CT molecular complexity index is 2330. The van der Waals surface area contributed by atoms with Crippen LogP contribution in [-0.2, 0) is 55.6 Å². The SMILES string of the molecule is COc1ccc(S(=O)(=O)N(Cc2ccccc2C/[N+](=C/C(Cc2ccccc2)C(=O)O)S(=O)(=O)c2ccc(OC)cc2)[C@@H](Cc2ccccc2)C(=O)O)cc1. The van der Waals surface area contributed by atoms with Gasteiger partial charge in [0.1, 0.15) is 28.4 Å². The summed E-state index contributed by atoms with van der Waals surface area (Å²) in [5, 5.41) is 20.8. The highest BCUT2D eigenvalue weighted by Crippen LogP contribution is 2.28. The summed E-state index contributed by atoms with van der Waals surface area (Å²) in [4.78, 5) is 25.3. The Balaban J connectivity index is 1.63. The van der Waals surface area contributed by atoms with E-state index in [2.05, 4.69) is 0 Å². The van der Waals surface area contributed by atoms with Crippen LogP contribution in [0.2, 0.25) is 0 Å². The highest BCUT2D eigenvalue weighted by Gasteiger charge is 2.38. The third-order valence-electron chi connectivity index (χ3n) is 8.97.